The Hall–Kier alpha value is -1.37. The van der Waals surface area contributed by atoms with E-state index in [1.54, 1.807) is 0 Å². The molecule has 0 aliphatic rings. The molecule has 0 heterocycles. The van der Waals surface area contributed by atoms with Gasteiger partial charge in [-0.1, -0.05) is 18.2 Å². The number of benzene rings is 1. The maximum Gasteiger partial charge on any atom is 1.00 e. The Morgan fingerprint density at radius 2 is 1.71 bits per heavy atom. The molecule has 6 nitrogen and oxygen atoms in total. The third-order valence-corrected chi connectivity index (χ3v) is 1.69. The number of hydrogen-bond donors (Lipinski definition) is 1. The van der Waals surface area contributed by atoms with Gasteiger partial charge < -0.3 is 19.7 Å². The molecule has 0 aromatic heterocycles. The minimum atomic E-state index is -1.53. The van der Waals surface area contributed by atoms with Gasteiger partial charge in [-0.2, -0.15) is 0 Å². The minimum Gasteiger partial charge on any atom is -0.545 e. The number of carboxylic acid groups (broad SMARTS) is 2. The zero-order valence-corrected chi connectivity index (χ0v) is 11.0. The molecule has 0 amide bonds. The zero-order chi connectivity index (χ0) is 12.1. The third kappa shape index (κ3) is 4.56. The summed E-state index contributed by atoms with van der Waals surface area (Å²) in [5, 5.41) is 18.9. The summed E-state index contributed by atoms with van der Waals surface area (Å²) >= 11 is 0. The summed E-state index contributed by atoms with van der Waals surface area (Å²) in [5.41, 5.74) is -0.568. The molecule has 0 saturated heterocycles. The smallest absolute Gasteiger partial charge is 0.545 e. The number of aliphatic carboxylic acids is 1. The molecule has 0 atom stereocenters. The largest absolute Gasteiger partial charge is 1.00 e. The van der Waals surface area contributed by atoms with Crippen molar-refractivity contribution in [2.75, 3.05) is 6.61 Å². The van der Waals surface area contributed by atoms with Gasteiger partial charge >= 0.3 is 41.5 Å². The van der Waals surface area contributed by atoms with Crippen LogP contribution in [0.15, 0.2) is 24.3 Å². The summed E-state index contributed by atoms with van der Waals surface area (Å²) in [6.07, 6.45) is 0. The normalized spacial score (nSPS) is 8.94. The first-order valence-electron chi connectivity index (χ1n) is 4.21. The van der Waals surface area contributed by atoms with Gasteiger partial charge in [0.15, 0.2) is 6.61 Å². The first-order valence-corrected chi connectivity index (χ1v) is 4.21. The molecule has 0 radical (unpaired) electrons. The summed E-state index contributed by atoms with van der Waals surface area (Å²) in [5.74, 6) is -3.86. The molecule has 0 unspecified atom stereocenters. The van der Waals surface area contributed by atoms with Gasteiger partial charge in [-0.05, 0) is 6.07 Å². The van der Waals surface area contributed by atoms with E-state index in [2.05, 4.69) is 4.74 Å². The molecule has 1 rings (SSSR count). The van der Waals surface area contributed by atoms with Gasteiger partial charge in [0.05, 0.1) is 11.5 Å². The molecule has 0 aliphatic heterocycles. The molecule has 0 aliphatic carbocycles. The Labute approximate surface area is 118 Å². The topological polar surface area (TPSA) is 104 Å². The van der Waals surface area contributed by atoms with Crippen molar-refractivity contribution < 1.29 is 58.9 Å². The van der Waals surface area contributed by atoms with Crippen LogP contribution < -0.4 is 34.7 Å². The van der Waals surface area contributed by atoms with E-state index in [1.165, 1.54) is 24.3 Å². The van der Waals surface area contributed by atoms with Crippen LogP contribution in [0.1, 0.15) is 20.7 Å². The second-order valence-corrected chi connectivity index (χ2v) is 2.80. The maximum atomic E-state index is 11.3. The average Bonchev–Trinajstić information content (AvgIpc) is 2.25. The van der Waals surface area contributed by atoms with Crippen molar-refractivity contribution in [2.24, 2.45) is 0 Å². The second-order valence-electron chi connectivity index (χ2n) is 2.80. The van der Waals surface area contributed by atoms with Crippen LogP contribution in [0.4, 0.5) is 0 Å². The predicted molar refractivity (Wildman–Crippen MR) is 48.7 cm³/mol. The van der Waals surface area contributed by atoms with Gasteiger partial charge in [-0.25, -0.2) is 9.59 Å². The molecular formula is C10H7NaO6. The predicted octanol–water partition coefficient (Wildman–Crippen LogP) is -3.70. The molecule has 0 spiro atoms. The number of carboxylic acids is 2. The molecule has 1 aromatic rings. The molecule has 84 valence electrons. The molecule has 0 fully saturated rings. The Balaban J connectivity index is 0.00000256. The van der Waals surface area contributed by atoms with Crippen molar-refractivity contribution in [1.82, 2.24) is 0 Å². The van der Waals surface area contributed by atoms with Gasteiger partial charge in [-0.15, -0.1) is 0 Å². The third-order valence-electron chi connectivity index (χ3n) is 1.69. The number of aromatic carboxylic acids is 1. The van der Waals surface area contributed by atoms with E-state index in [9.17, 15) is 19.5 Å². The van der Waals surface area contributed by atoms with E-state index < -0.39 is 24.5 Å². The number of carbonyl (C=O) groups is 3. The standard InChI is InChI=1S/C10H8O6.Na/c11-8(12)5-16-10(15)7-4-2-1-3-6(7)9(13)14;/h1-4H,5H2,(H,11,12)(H,13,14);/q;+1/p-1. The maximum absolute atomic E-state index is 11.3. The first kappa shape index (κ1) is 15.6. The van der Waals surface area contributed by atoms with Gasteiger partial charge in [0, 0.05) is 5.56 Å². The number of hydrogen-bond acceptors (Lipinski definition) is 5. The minimum absolute atomic E-state index is 0. The molecule has 1 aromatic carbocycles. The van der Waals surface area contributed by atoms with Crippen LogP contribution in [0.25, 0.3) is 0 Å². The molecule has 17 heavy (non-hydrogen) atoms. The zero-order valence-electron chi connectivity index (χ0n) is 9.00. The van der Waals surface area contributed by atoms with Crippen LogP contribution in [0, 0.1) is 0 Å². The van der Waals surface area contributed by atoms with Crippen molar-refractivity contribution >= 4 is 17.9 Å². The Morgan fingerprint density at radius 1 is 1.18 bits per heavy atom. The average molecular weight is 246 g/mol. The summed E-state index contributed by atoms with van der Waals surface area (Å²) < 4.78 is 4.35. The fraction of sp³-hybridized carbons (Fsp3) is 0.100. The molecular weight excluding hydrogens is 239 g/mol. The van der Waals surface area contributed by atoms with E-state index >= 15 is 0 Å². The van der Waals surface area contributed by atoms with E-state index in [1.807, 2.05) is 0 Å². The SMILES string of the molecule is O=C(O)COC(=O)c1ccccc1C(=O)[O-].[Na+]. The van der Waals surface area contributed by atoms with E-state index in [4.69, 9.17) is 5.11 Å². The monoisotopic (exact) mass is 246 g/mol. The Bertz CT molecular complexity index is 442. The molecule has 0 bridgehead atoms. The van der Waals surface area contributed by atoms with Gasteiger partial charge in [0.1, 0.15) is 0 Å². The van der Waals surface area contributed by atoms with Crippen LogP contribution in [0.5, 0.6) is 0 Å². The van der Waals surface area contributed by atoms with Crippen molar-refractivity contribution in [3.05, 3.63) is 35.4 Å². The number of ether oxygens (including phenoxy) is 1. The number of rotatable bonds is 4. The van der Waals surface area contributed by atoms with Crippen molar-refractivity contribution in [1.29, 1.82) is 0 Å². The molecule has 1 N–H and O–H groups in total. The van der Waals surface area contributed by atoms with Crippen LogP contribution in [-0.2, 0) is 9.53 Å². The van der Waals surface area contributed by atoms with Gasteiger partial charge in [0.2, 0.25) is 0 Å². The fourth-order valence-electron chi connectivity index (χ4n) is 1.04. The Morgan fingerprint density at radius 3 is 2.18 bits per heavy atom. The van der Waals surface area contributed by atoms with E-state index in [0.717, 1.165) is 0 Å². The van der Waals surface area contributed by atoms with E-state index in [-0.39, 0.29) is 40.7 Å². The number of esters is 1. The Kier molecular flexibility index (Phi) is 6.48. The summed E-state index contributed by atoms with van der Waals surface area (Å²) in [4.78, 5) is 32.1. The molecule has 7 heteroatoms. The van der Waals surface area contributed by atoms with Gasteiger partial charge in [-0.3, -0.25) is 0 Å². The second kappa shape index (κ2) is 7.05. The van der Waals surface area contributed by atoms with Crippen LogP contribution in [0.3, 0.4) is 0 Å². The van der Waals surface area contributed by atoms with Crippen LogP contribution in [-0.4, -0.2) is 29.6 Å². The van der Waals surface area contributed by atoms with Crippen LogP contribution in [0.2, 0.25) is 0 Å². The van der Waals surface area contributed by atoms with Crippen molar-refractivity contribution in [3.8, 4) is 0 Å². The van der Waals surface area contributed by atoms with E-state index in [0.29, 0.717) is 0 Å². The summed E-state index contributed by atoms with van der Waals surface area (Å²) in [7, 11) is 0. The quantitative estimate of drug-likeness (QED) is 0.433. The van der Waals surface area contributed by atoms with Crippen LogP contribution >= 0.6 is 0 Å². The molecule has 0 saturated carbocycles. The van der Waals surface area contributed by atoms with Crippen molar-refractivity contribution in [3.63, 3.8) is 0 Å². The first-order chi connectivity index (χ1) is 7.52. The van der Waals surface area contributed by atoms with Crippen molar-refractivity contribution in [2.45, 2.75) is 0 Å². The number of carbonyl (C=O) groups excluding carboxylic acids is 2. The summed E-state index contributed by atoms with van der Waals surface area (Å²) in [6, 6.07) is 5.24. The van der Waals surface area contributed by atoms with Gasteiger partial charge in [0.25, 0.3) is 0 Å². The fourth-order valence-corrected chi connectivity index (χ4v) is 1.04. The summed E-state index contributed by atoms with van der Waals surface area (Å²) in [6.45, 7) is -0.819.